The molecule has 2 aromatic carbocycles. The lowest BCUT2D eigenvalue weighted by molar-refractivity contribution is -0.159. The van der Waals surface area contributed by atoms with Gasteiger partial charge in [-0.15, -0.1) is 0 Å². The summed E-state index contributed by atoms with van der Waals surface area (Å²) in [6.07, 6.45) is -2.43. The Morgan fingerprint density at radius 2 is 1.61 bits per heavy atom. The van der Waals surface area contributed by atoms with Gasteiger partial charge in [-0.2, -0.15) is 23.1 Å². The van der Waals surface area contributed by atoms with Crippen molar-refractivity contribution in [1.29, 1.82) is 0 Å². The van der Waals surface area contributed by atoms with Crippen LogP contribution in [0.4, 0.5) is 13.2 Å². The Morgan fingerprint density at radius 1 is 0.879 bits per heavy atom. The number of hydrogen-bond donors (Lipinski definition) is 0. The van der Waals surface area contributed by atoms with Crippen molar-refractivity contribution < 1.29 is 27.0 Å². The zero-order chi connectivity index (χ0) is 23.4. The first kappa shape index (κ1) is 22.5. The highest BCUT2D eigenvalue weighted by atomic mass is 19.4. The number of benzene rings is 2. The number of aromatic nitrogens is 4. The maximum atomic E-state index is 12.7. The molecule has 0 aliphatic carbocycles. The molecule has 0 saturated heterocycles. The van der Waals surface area contributed by atoms with Gasteiger partial charge in [0.2, 0.25) is 5.82 Å². The second kappa shape index (κ2) is 9.43. The molecular formula is C23H21F3N4O3. The Bertz CT molecular complexity index is 1200. The molecule has 7 nitrogen and oxygen atoms in total. The summed E-state index contributed by atoms with van der Waals surface area (Å²) in [6, 6.07) is 12.9. The Kier molecular flexibility index (Phi) is 6.43. The lowest BCUT2D eigenvalue weighted by Crippen LogP contribution is -2.05. The zero-order valence-electron chi connectivity index (χ0n) is 18.0. The largest absolute Gasteiger partial charge is 0.493 e. The van der Waals surface area contributed by atoms with Gasteiger partial charge in [-0.3, -0.25) is 0 Å². The van der Waals surface area contributed by atoms with Crippen molar-refractivity contribution >= 4 is 0 Å². The SMILES string of the molecule is Cc1cc(-c2noc(C(F)(F)F)n2)cc(C)c1OCCCCc1noc(-c2ccccc2)n1. The molecule has 0 spiro atoms. The van der Waals surface area contributed by atoms with E-state index in [0.29, 0.717) is 36.1 Å². The maximum absolute atomic E-state index is 12.7. The normalized spacial score (nSPS) is 11.7. The van der Waals surface area contributed by atoms with Crippen LogP contribution in [0.25, 0.3) is 22.8 Å². The van der Waals surface area contributed by atoms with E-state index in [0.717, 1.165) is 29.5 Å². The number of hydrogen-bond acceptors (Lipinski definition) is 7. The molecule has 0 amide bonds. The summed E-state index contributed by atoms with van der Waals surface area (Å²) in [5, 5.41) is 7.45. The van der Waals surface area contributed by atoms with Crippen LogP contribution in [0.15, 0.2) is 51.5 Å². The van der Waals surface area contributed by atoms with E-state index < -0.39 is 12.1 Å². The van der Waals surface area contributed by atoms with Crippen LogP contribution in [0.2, 0.25) is 0 Å². The van der Waals surface area contributed by atoms with Crippen LogP contribution in [0, 0.1) is 13.8 Å². The fraction of sp³-hybridized carbons (Fsp3) is 0.304. The molecule has 0 radical (unpaired) electrons. The van der Waals surface area contributed by atoms with Crippen LogP contribution in [0.3, 0.4) is 0 Å². The van der Waals surface area contributed by atoms with E-state index in [4.69, 9.17) is 9.26 Å². The second-order valence-corrected chi connectivity index (χ2v) is 7.55. The van der Waals surface area contributed by atoms with Gasteiger partial charge in [0.1, 0.15) is 5.75 Å². The number of alkyl halides is 3. The number of rotatable bonds is 8. The Balaban J connectivity index is 1.30. The van der Waals surface area contributed by atoms with Crippen molar-refractivity contribution in [2.45, 2.75) is 39.3 Å². The molecule has 0 bridgehead atoms. The molecule has 0 atom stereocenters. The van der Waals surface area contributed by atoms with E-state index in [1.807, 2.05) is 44.2 Å². The molecule has 0 aliphatic heterocycles. The van der Waals surface area contributed by atoms with Gasteiger partial charge in [0.25, 0.3) is 5.89 Å². The van der Waals surface area contributed by atoms with Crippen molar-refractivity contribution in [2.24, 2.45) is 0 Å². The number of halogens is 3. The molecule has 4 rings (SSSR count). The minimum Gasteiger partial charge on any atom is -0.493 e. The van der Waals surface area contributed by atoms with Crippen molar-refractivity contribution in [3.05, 3.63) is 65.3 Å². The number of nitrogens with zero attached hydrogens (tertiary/aromatic N) is 4. The average Bonchev–Trinajstić information content (AvgIpc) is 3.45. The Morgan fingerprint density at radius 3 is 2.27 bits per heavy atom. The molecule has 2 aromatic heterocycles. The predicted octanol–water partition coefficient (Wildman–Crippen LogP) is 5.82. The predicted molar refractivity (Wildman–Crippen MR) is 112 cm³/mol. The Labute approximate surface area is 187 Å². The average molecular weight is 458 g/mol. The summed E-state index contributed by atoms with van der Waals surface area (Å²) in [6.45, 7) is 4.12. The molecule has 10 heteroatoms. The van der Waals surface area contributed by atoms with Crippen molar-refractivity contribution in [3.63, 3.8) is 0 Å². The smallest absolute Gasteiger partial charge is 0.471 e. The van der Waals surface area contributed by atoms with E-state index in [9.17, 15) is 13.2 Å². The van der Waals surface area contributed by atoms with Crippen LogP contribution >= 0.6 is 0 Å². The van der Waals surface area contributed by atoms with Gasteiger partial charge in [0.15, 0.2) is 5.82 Å². The zero-order valence-corrected chi connectivity index (χ0v) is 18.0. The van der Waals surface area contributed by atoms with Crippen molar-refractivity contribution in [3.8, 4) is 28.6 Å². The number of unbranched alkanes of at least 4 members (excludes halogenated alkanes) is 1. The third kappa shape index (κ3) is 5.39. The van der Waals surface area contributed by atoms with Gasteiger partial charge in [0, 0.05) is 17.5 Å². The molecule has 0 fully saturated rings. The maximum Gasteiger partial charge on any atom is 0.471 e. The minimum atomic E-state index is -4.68. The summed E-state index contributed by atoms with van der Waals surface area (Å²) in [5.41, 5.74) is 2.86. The van der Waals surface area contributed by atoms with Crippen LogP contribution in [0.5, 0.6) is 5.75 Å². The van der Waals surface area contributed by atoms with Gasteiger partial charge in [-0.1, -0.05) is 28.5 Å². The summed E-state index contributed by atoms with van der Waals surface area (Å²) >= 11 is 0. The molecule has 4 aromatic rings. The molecule has 0 aliphatic rings. The highest BCUT2D eigenvalue weighted by Crippen LogP contribution is 2.32. The van der Waals surface area contributed by atoms with E-state index in [2.05, 4.69) is 24.8 Å². The molecular weight excluding hydrogens is 437 g/mol. The monoisotopic (exact) mass is 458 g/mol. The van der Waals surface area contributed by atoms with Gasteiger partial charge < -0.3 is 13.8 Å². The summed E-state index contributed by atoms with van der Waals surface area (Å²) in [7, 11) is 0. The molecule has 172 valence electrons. The fourth-order valence-electron chi connectivity index (χ4n) is 3.38. The summed E-state index contributed by atoms with van der Waals surface area (Å²) in [4.78, 5) is 7.85. The van der Waals surface area contributed by atoms with Gasteiger partial charge in [-0.05, 0) is 62.1 Å². The second-order valence-electron chi connectivity index (χ2n) is 7.55. The first-order chi connectivity index (χ1) is 15.8. The van der Waals surface area contributed by atoms with Crippen molar-refractivity contribution in [2.75, 3.05) is 6.61 Å². The summed E-state index contributed by atoms with van der Waals surface area (Å²) in [5.74, 6) is 0.339. The van der Waals surface area contributed by atoms with Crippen LogP contribution in [-0.4, -0.2) is 26.9 Å². The minimum absolute atomic E-state index is 0.116. The molecule has 0 N–H and O–H groups in total. The van der Waals surface area contributed by atoms with E-state index in [-0.39, 0.29) is 5.82 Å². The van der Waals surface area contributed by atoms with Gasteiger partial charge >= 0.3 is 12.1 Å². The van der Waals surface area contributed by atoms with Crippen LogP contribution in [-0.2, 0) is 12.6 Å². The third-order valence-corrected chi connectivity index (χ3v) is 4.92. The lowest BCUT2D eigenvalue weighted by Gasteiger charge is -2.13. The highest BCUT2D eigenvalue weighted by Gasteiger charge is 2.38. The van der Waals surface area contributed by atoms with Gasteiger partial charge in [-0.25, -0.2) is 0 Å². The van der Waals surface area contributed by atoms with Crippen molar-refractivity contribution in [1.82, 2.24) is 20.3 Å². The molecule has 33 heavy (non-hydrogen) atoms. The van der Waals surface area contributed by atoms with Gasteiger partial charge in [0.05, 0.1) is 6.61 Å². The number of aryl methyl sites for hydroxylation is 3. The van der Waals surface area contributed by atoms with E-state index in [1.165, 1.54) is 0 Å². The number of ether oxygens (including phenoxy) is 1. The van der Waals surface area contributed by atoms with E-state index >= 15 is 0 Å². The molecule has 0 unspecified atom stereocenters. The third-order valence-electron chi connectivity index (χ3n) is 4.92. The Hall–Kier alpha value is -3.69. The summed E-state index contributed by atoms with van der Waals surface area (Å²) < 4.78 is 53.6. The molecule has 0 saturated carbocycles. The quantitative estimate of drug-likeness (QED) is 0.307. The first-order valence-electron chi connectivity index (χ1n) is 10.3. The highest BCUT2D eigenvalue weighted by molar-refractivity contribution is 5.61. The topological polar surface area (TPSA) is 87.1 Å². The first-order valence-corrected chi connectivity index (χ1v) is 10.3. The van der Waals surface area contributed by atoms with Crippen LogP contribution < -0.4 is 4.74 Å². The molecule has 2 heterocycles. The fourth-order valence-corrected chi connectivity index (χ4v) is 3.38. The lowest BCUT2D eigenvalue weighted by atomic mass is 10.1. The standard InChI is InChI=1S/C23H21F3N4O3/c1-14-12-17(20-28-22(33-30-20)23(24,25)26)13-15(2)19(14)31-11-7-6-10-18-27-21(32-29-18)16-8-4-3-5-9-16/h3-5,8-9,12-13H,6-7,10-11H2,1-2H3. The van der Waals surface area contributed by atoms with Crippen LogP contribution in [0.1, 0.15) is 35.7 Å². The van der Waals surface area contributed by atoms with E-state index in [1.54, 1.807) is 12.1 Å².